The fourth-order valence-electron chi connectivity index (χ4n) is 4.01. The minimum atomic E-state index is -1.26. The van der Waals surface area contributed by atoms with Gasteiger partial charge in [-0.2, -0.15) is 5.10 Å². The summed E-state index contributed by atoms with van der Waals surface area (Å²) in [7, 11) is 0. The molecule has 1 N–H and O–H groups in total. The average molecular weight is 425 g/mol. The molecule has 0 radical (unpaired) electrons. The van der Waals surface area contributed by atoms with Gasteiger partial charge in [0.25, 0.3) is 0 Å². The fraction of sp³-hybridized carbons (Fsp3) is 0.348. The molecule has 4 rings (SSSR count). The summed E-state index contributed by atoms with van der Waals surface area (Å²) in [6.45, 7) is 8.72. The number of hydrogen-bond acceptors (Lipinski definition) is 4. The summed E-state index contributed by atoms with van der Waals surface area (Å²) < 4.78 is 23.5. The lowest BCUT2D eigenvalue weighted by Crippen LogP contribution is -2.35. The molecule has 0 bridgehead atoms. The van der Waals surface area contributed by atoms with Crippen molar-refractivity contribution in [3.05, 3.63) is 58.1 Å². The summed E-state index contributed by atoms with van der Waals surface area (Å²) in [4.78, 5) is 24.0. The highest BCUT2D eigenvalue weighted by molar-refractivity contribution is 5.87. The SMILES string of the molecule is CCOc1c(F)cccc1-c1cc2n(n1)C[C@@H](C(C)(C)C)n1cc(C(=O)O)c(=O)cc1-2. The van der Waals surface area contributed by atoms with Crippen molar-refractivity contribution in [3.8, 4) is 28.4 Å². The van der Waals surface area contributed by atoms with Crippen LogP contribution in [0.5, 0.6) is 5.75 Å². The normalized spacial score (nSPS) is 15.3. The average Bonchev–Trinajstić information content (AvgIpc) is 3.12. The van der Waals surface area contributed by atoms with Crippen LogP contribution in [0.15, 0.2) is 41.3 Å². The van der Waals surface area contributed by atoms with Gasteiger partial charge in [-0.05, 0) is 30.5 Å². The van der Waals surface area contributed by atoms with Crippen molar-refractivity contribution in [2.24, 2.45) is 5.41 Å². The Morgan fingerprint density at radius 2 is 2.03 bits per heavy atom. The molecule has 1 atom stereocenters. The highest BCUT2D eigenvalue weighted by Crippen LogP contribution is 2.41. The number of pyridine rings is 1. The first kappa shape index (κ1) is 20.8. The van der Waals surface area contributed by atoms with E-state index in [1.807, 2.05) is 4.57 Å². The molecule has 0 fully saturated rings. The Balaban J connectivity index is 1.94. The van der Waals surface area contributed by atoms with E-state index < -0.39 is 17.2 Å². The quantitative estimate of drug-likeness (QED) is 0.677. The third kappa shape index (κ3) is 3.52. The Bertz CT molecular complexity index is 1240. The van der Waals surface area contributed by atoms with Gasteiger partial charge in [0.15, 0.2) is 17.0 Å². The predicted molar refractivity (Wildman–Crippen MR) is 114 cm³/mol. The van der Waals surface area contributed by atoms with E-state index in [-0.39, 0.29) is 22.8 Å². The number of carbonyl (C=O) groups is 1. The van der Waals surface area contributed by atoms with Crippen LogP contribution in [-0.4, -0.2) is 32.0 Å². The van der Waals surface area contributed by atoms with Gasteiger partial charge in [-0.15, -0.1) is 0 Å². The van der Waals surface area contributed by atoms with Gasteiger partial charge in [0.2, 0.25) is 0 Å². The molecule has 2 aromatic heterocycles. The minimum Gasteiger partial charge on any atom is -0.490 e. The first-order chi connectivity index (χ1) is 14.6. The lowest BCUT2D eigenvalue weighted by Gasteiger charge is -2.38. The van der Waals surface area contributed by atoms with Gasteiger partial charge >= 0.3 is 5.97 Å². The predicted octanol–water partition coefficient (Wildman–Crippen LogP) is 4.22. The number of aromatic carboxylic acids is 1. The number of rotatable bonds is 4. The second-order valence-corrected chi connectivity index (χ2v) is 8.68. The smallest absolute Gasteiger partial charge is 0.341 e. The fourth-order valence-corrected chi connectivity index (χ4v) is 4.01. The van der Waals surface area contributed by atoms with Crippen LogP contribution in [0.25, 0.3) is 22.6 Å². The maximum absolute atomic E-state index is 14.4. The summed E-state index contributed by atoms with van der Waals surface area (Å²) in [5, 5.41) is 14.1. The van der Waals surface area contributed by atoms with E-state index in [0.717, 1.165) is 0 Å². The number of carboxylic acid groups (broad SMARTS) is 1. The van der Waals surface area contributed by atoms with Crippen LogP contribution < -0.4 is 10.2 Å². The number of hydrogen-bond donors (Lipinski definition) is 1. The standard InChI is InChI=1S/C23H24FN3O4/c1-5-31-21-13(7-6-8-15(21)24)16-9-18-17-10-19(28)14(22(29)30)11-26(17)20(23(2,3)4)12-27(18)25-16/h6-11,20H,5,12H2,1-4H3,(H,29,30)/t20-/m0/s1. The number of nitrogens with zero attached hydrogens (tertiary/aromatic N) is 3. The Morgan fingerprint density at radius 3 is 2.68 bits per heavy atom. The molecule has 0 unspecified atom stereocenters. The molecule has 0 spiro atoms. The van der Waals surface area contributed by atoms with Gasteiger partial charge in [0.05, 0.1) is 36.3 Å². The van der Waals surface area contributed by atoms with Crippen molar-refractivity contribution in [1.29, 1.82) is 0 Å². The lowest BCUT2D eigenvalue weighted by atomic mass is 9.85. The zero-order valence-corrected chi connectivity index (χ0v) is 17.8. The Labute approximate surface area is 178 Å². The third-order valence-corrected chi connectivity index (χ3v) is 5.57. The van der Waals surface area contributed by atoms with Gasteiger partial charge in [-0.3, -0.25) is 9.48 Å². The number of para-hydroxylation sites is 1. The summed E-state index contributed by atoms with van der Waals surface area (Å²) in [6.07, 6.45) is 1.42. The molecule has 0 saturated carbocycles. The van der Waals surface area contributed by atoms with Crippen LogP contribution in [0, 0.1) is 11.2 Å². The number of fused-ring (bicyclic) bond motifs is 3. The molecule has 7 nitrogen and oxygen atoms in total. The molecule has 31 heavy (non-hydrogen) atoms. The zero-order valence-electron chi connectivity index (χ0n) is 17.8. The number of aromatic nitrogens is 3. The highest BCUT2D eigenvalue weighted by atomic mass is 19.1. The molecule has 8 heteroatoms. The van der Waals surface area contributed by atoms with E-state index in [0.29, 0.717) is 35.8 Å². The van der Waals surface area contributed by atoms with Crippen molar-refractivity contribution in [2.75, 3.05) is 6.61 Å². The molecule has 3 heterocycles. The second-order valence-electron chi connectivity index (χ2n) is 8.68. The Morgan fingerprint density at radius 1 is 1.29 bits per heavy atom. The van der Waals surface area contributed by atoms with Gasteiger partial charge in [0, 0.05) is 17.8 Å². The summed E-state index contributed by atoms with van der Waals surface area (Å²) in [5.41, 5.74) is 1.21. The molecule has 1 aliphatic rings. The van der Waals surface area contributed by atoms with E-state index in [2.05, 4.69) is 20.8 Å². The zero-order chi connectivity index (χ0) is 22.5. The number of halogens is 1. The molecule has 0 amide bonds. The topological polar surface area (TPSA) is 86.3 Å². The summed E-state index contributed by atoms with van der Waals surface area (Å²) in [6, 6.07) is 7.66. The van der Waals surface area contributed by atoms with Crippen molar-refractivity contribution < 1.29 is 19.0 Å². The molecule has 0 aliphatic carbocycles. The molecule has 0 saturated heterocycles. The Kier molecular flexibility index (Phi) is 4.95. The van der Waals surface area contributed by atoms with E-state index in [1.54, 1.807) is 29.8 Å². The number of benzene rings is 1. The maximum atomic E-state index is 14.4. The van der Waals surface area contributed by atoms with Crippen molar-refractivity contribution in [1.82, 2.24) is 14.3 Å². The lowest BCUT2D eigenvalue weighted by molar-refractivity contribution is 0.0693. The van der Waals surface area contributed by atoms with Crippen molar-refractivity contribution in [3.63, 3.8) is 0 Å². The Hall–Kier alpha value is -3.42. The van der Waals surface area contributed by atoms with Crippen LogP contribution in [0.2, 0.25) is 0 Å². The number of ether oxygens (including phenoxy) is 1. The van der Waals surface area contributed by atoms with Gasteiger partial charge in [-0.25, -0.2) is 9.18 Å². The van der Waals surface area contributed by atoms with Crippen LogP contribution in [0.4, 0.5) is 4.39 Å². The van der Waals surface area contributed by atoms with E-state index in [4.69, 9.17) is 9.84 Å². The summed E-state index contributed by atoms with van der Waals surface area (Å²) >= 11 is 0. The minimum absolute atomic E-state index is 0.131. The van der Waals surface area contributed by atoms with Gasteiger partial charge in [0.1, 0.15) is 5.56 Å². The first-order valence-corrected chi connectivity index (χ1v) is 10.1. The summed E-state index contributed by atoms with van der Waals surface area (Å²) in [5.74, 6) is -1.60. The molecular formula is C23H24FN3O4. The maximum Gasteiger partial charge on any atom is 0.341 e. The highest BCUT2D eigenvalue weighted by Gasteiger charge is 2.34. The molecule has 162 valence electrons. The van der Waals surface area contributed by atoms with Crippen molar-refractivity contribution in [2.45, 2.75) is 40.3 Å². The van der Waals surface area contributed by atoms with Crippen LogP contribution in [0.3, 0.4) is 0 Å². The van der Waals surface area contributed by atoms with Gasteiger partial charge < -0.3 is 14.4 Å². The molecular weight excluding hydrogens is 401 g/mol. The molecule has 3 aromatic rings. The monoisotopic (exact) mass is 425 g/mol. The van der Waals surface area contributed by atoms with E-state index in [1.165, 1.54) is 18.3 Å². The van der Waals surface area contributed by atoms with Crippen LogP contribution in [0.1, 0.15) is 44.1 Å². The molecule has 1 aliphatic heterocycles. The van der Waals surface area contributed by atoms with Crippen LogP contribution in [-0.2, 0) is 6.54 Å². The van der Waals surface area contributed by atoms with Crippen LogP contribution >= 0.6 is 0 Å². The van der Waals surface area contributed by atoms with Gasteiger partial charge in [-0.1, -0.05) is 26.8 Å². The van der Waals surface area contributed by atoms with E-state index >= 15 is 0 Å². The molecule has 1 aromatic carbocycles. The van der Waals surface area contributed by atoms with E-state index in [9.17, 15) is 19.1 Å². The van der Waals surface area contributed by atoms with Crippen molar-refractivity contribution >= 4 is 5.97 Å². The first-order valence-electron chi connectivity index (χ1n) is 10.1. The second kappa shape index (κ2) is 7.37. The third-order valence-electron chi connectivity index (χ3n) is 5.57. The number of carboxylic acids is 1. The largest absolute Gasteiger partial charge is 0.490 e.